The third-order valence-corrected chi connectivity index (χ3v) is 5.18. The number of carbonyl (C=O) groups excluding carboxylic acids is 1. The van der Waals surface area contributed by atoms with E-state index in [4.69, 9.17) is 23.5 Å². The summed E-state index contributed by atoms with van der Waals surface area (Å²) in [6, 6.07) is 0.135. The van der Waals surface area contributed by atoms with Gasteiger partial charge in [-0.25, -0.2) is 0 Å². The van der Waals surface area contributed by atoms with Crippen LogP contribution in [0.4, 0.5) is 0 Å². The van der Waals surface area contributed by atoms with Crippen LogP contribution in [0.25, 0.3) is 0 Å². The number of methoxy groups -OCH3 is 3. The Balaban J connectivity index is 3.10. The maximum absolute atomic E-state index is 12.1. The first-order chi connectivity index (χ1) is 10.3. The Morgan fingerprint density at radius 2 is 1.82 bits per heavy atom. The van der Waals surface area contributed by atoms with Gasteiger partial charge in [0.1, 0.15) is 6.10 Å². The van der Waals surface area contributed by atoms with E-state index in [0.717, 1.165) is 7.11 Å². The molecule has 1 aliphatic rings. The van der Waals surface area contributed by atoms with E-state index >= 15 is 0 Å². The lowest BCUT2D eigenvalue weighted by Crippen LogP contribution is -2.61. The molecule has 0 aromatic carbocycles. The van der Waals surface area contributed by atoms with Crippen molar-refractivity contribution in [3.8, 4) is 0 Å². The van der Waals surface area contributed by atoms with Gasteiger partial charge in [0.15, 0.2) is 6.29 Å². The van der Waals surface area contributed by atoms with E-state index in [2.05, 4.69) is 4.52 Å². The number of carbonyl (C=O) groups is 1. The number of hydrogen-bond acceptors (Lipinski definition) is 8. The van der Waals surface area contributed by atoms with Crippen molar-refractivity contribution in [3.63, 3.8) is 0 Å². The van der Waals surface area contributed by atoms with Gasteiger partial charge in [-0.3, -0.25) is 13.9 Å². The summed E-state index contributed by atoms with van der Waals surface area (Å²) in [5.74, 6) is 0. The van der Waals surface area contributed by atoms with Gasteiger partial charge < -0.3 is 23.5 Å². The molecule has 1 aliphatic heterocycles. The molecule has 1 saturated heterocycles. The van der Waals surface area contributed by atoms with Crippen molar-refractivity contribution in [1.82, 2.24) is 0 Å². The summed E-state index contributed by atoms with van der Waals surface area (Å²) < 4.78 is 43.9. The molecule has 0 aromatic heterocycles. The van der Waals surface area contributed by atoms with Gasteiger partial charge in [-0.15, -0.1) is 0 Å². The maximum Gasteiger partial charge on any atom is 0.395 e. The Labute approximate surface area is 130 Å². The zero-order valence-electron chi connectivity index (χ0n) is 13.8. The van der Waals surface area contributed by atoms with E-state index in [9.17, 15) is 9.36 Å². The second-order valence-electron chi connectivity index (χ2n) is 5.56. The van der Waals surface area contributed by atoms with Gasteiger partial charge >= 0.3 is 7.60 Å². The van der Waals surface area contributed by atoms with Crippen LogP contribution in [-0.2, 0) is 37.4 Å². The van der Waals surface area contributed by atoms with Gasteiger partial charge in [0, 0.05) is 33.9 Å². The molecule has 0 aromatic rings. The van der Waals surface area contributed by atoms with E-state index in [1.165, 1.54) is 7.11 Å². The van der Waals surface area contributed by atoms with E-state index in [0.29, 0.717) is 0 Å². The molecule has 0 saturated carbocycles. The lowest BCUT2D eigenvalue weighted by Gasteiger charge is -2.50. The summed E-state index contributed by atoms with van der Waals surface area (Å²) in [6.07, 6.45) is -2.60. The third kappa shape index (κ3) is 3.94. The highest BCUT2D eigenvalue weighted by Crippen LogP contribution is 2.49. The summed E-state index contributed by atoms with van der Waals surface area (Å²) in [7, 11) is 1.77. The summed E-state index contributed by atoms with van der Waals surface area (Å²) in [5.41, 5.74) is -0.455. The molecule has 0 bridgehead atoms. The SMILES string of the molecule is COCC1OC(OP(=O)(C=O)OC)C(OC)C(OC)C1(C)C. The Hall–Kier alpha value is -0.340. The number of hydrogen-bond donors (Lipinski definition) is 0. The molecule has 0 radical (unpaired) electrons. The standard InChI is InChI=1S/C13H25O8P/c1-13(2)9(7-16-3)20-12(10(17-4)11(13)18-5)21-22(15,8-14)19-6/h8-12H,7H2,1-6H3. The molecule has 0 amide bonds. The molecule has 0 N–H and O–H groups in total. The second-order valence-corrected chi connectivity index (χ2v) is 7.43. The summed E-state index contributed by atoms with van der Waals surface area (Å²) in [6.45, 7) is 4.17. The van der Waals surface area contributed by atoms with Crippen molar-refractivity contribution >= 4 is 13.6 Å². The van der Waals surface area contributed by atoms with Crippen molar-refractivity contribution in [2.24, 2.45) is 5.41 Å². The fourth-order valence-electron chi connectivity index (χ4n) is 2.58. The van der Waals surface area contributed by atoms with Crippen LogP contribution < -0.4 is 0 Å². The Kier molecular flexibility index (Phi) is 7.14. The average Bonchev–Trinajstić information content (AvgIpc) is 2.49. The molecular weight excluding hydrogens is 315 g/mol. The minimum absolute atomic E-state index is 0.135. The Morgan fingerprint density at radius 3 is 2.23 bits per heavy atom. The van der Waals surface area contributed by atoms with Crippen molar-refractivity contribution in [1.29, 1.82) is 0 Å². The smallest absolute Gasteiger partial charge is 0.382 e. The highest BCUT2D eigenvalue weighted by Gasteiger charge is 2.53. The van der Waals surface area contributed by atoms with E-state index in [1.807, 2.05) is 13.8 Å². The second kappa shape index (κ2) is 7.97. The molecule has 5 atom stereocenters. The fraction of sp³-hybridized carbons (Fsp3) is 0.923. The largest absolute Gasteiger partial charge is 0.395 e. The first-order valence-electron chi connectivity index (χ1n) is 6.79. The zero-order chi connectivity index (χ0) is 17.0. The monoisotopic (exact) mass is 340 g/mol. The molecule has 8 nitrogen and oxygen atoms in total. The van der Waals surface area contributed by atoms with Crippen LogP contribution in [0.15, 0.2) is 0 Å². The molecule has 1 heterocycles. The average molecular weight is 340 g/mol. The van der Waals surface area contributed by atoms with Gasteiger partial charge in [-0.2, -0.15) is 0 Å². The molecule has 0 aliphatic carbocycles. The predicted octanol–water partition coefficient (Wildman–Crippen LogP) is 1.46. The quantitative estimate of drug-likeness (QED) is 0.485. The minimum Gasteiger partial charge on any atom is -0.382 e. The van der Waals surface area contributed by atoms with Crippen molar-refractivity contribution in [2.45, 2.75) is 38.4 Å². The summed E-state index contributed by atoms with van der Waals surface area (Å²) >= 11 is 0. The summed E-state index contributed by atoms with van der Waals surface area (Å²) in [4.78, 5) is 10.9. The normalized spacial score (nSPS) is 34.1. The molecule has 1 fully saturated rings. The van der Waals surface area contributed by atoms with Crippen LogP contribution >= 0.6 is 7.60 Å². The van der Waals surface area contributed by atoms with Crippen molar-refractivity contribution in [3.05, 3.63) is 0 Å². The van der Waals surface area contributed by atoms with Gasteiger partial charge in [0.2, 0.25) is 6.03 Å². The van der Waals surface area contributed by atoms with E-state index in [-0.39, 0.29) is 12.6 Å². The first kappa shape index (κ1) is 19.7. The number of rotatable bonds is 8. The van der Waals surface area contributed by atoms with Crippen LogP contribution in [0, 0.1) is 5.41 Å². The number of ether oxygens (including phenoxy) is 4. The zero-order valence-corrected chi connectivity index (χ0v) is 14.7. The molecule has 1 rings (SSSR count). The van der Waals surface area contributed by atoms with Crippen LogP contribution in [-0.4, -0.2) is 65.7 Å². The molecule has 22 heavy (non-hydrogen) atoms. The van der Waals surface area contributed by atoms with E-state index < -0.39 is 37.6 Å². The molecule has 5 unspecified atom stereocenters. The molecule has 130 valence electrons. The molecule has 0 spiro atoms. The van der Waals surface area contributed by atoms with Gasteiger partial charge in [-0.1, -0.05) is 13.8 Å². The minimum atomic E-state index is -3.91. The van der Waals surface area contributed by atoms with Gasteiger partial charge in [0.05, 0.1) is 18.8 Å². The third-order valence-electron chi connectivity index (χ3n) is 3.91. The highest BCUT2D eigenvalue weighted by atomic mass is 31.2. The lowest BCUT2D eigenvalue weighted by atomic mass is 9.76. The van der Waals surface area contributed by atoms with Crippen LogP contribution in [0.1, 0.15) is 13.8 Å². The van der Waals surface area contributed by atoms with Crippen LogP contribution in [0.2, 0.25) is 0 Å². The predicted molar refractivity (Wildman–Crippen MR) is 78.4 cm³/mol. The van der Waals surface area contributed by atoms with Crippen LogP contribution in [0.5, 0.6) is 0 Å². The van der Waals surface area contributed by atoms with Gasteiger partial charge in [0.25, 0.3) is 0 Å². The maximum atomic E-state index is 12.1. The van der Waals surface area contributed by atoms with Crippen molar-refractivity contribution < 1.29 is 37.4 Å². The molecular formula is C13H25O8P. The van der Waals surface area contributed by atoms with Gasteiger partial charge in [-0.05, 0) is 0 Å². The first-order valence-corrected chi connectivity index (χ1v) is 8.41. The fourth-order valence-corrected chi connectivity index (χ4v) is 3.26. The highest BCUT2D eigenvalue weighted by molar-refractivity contribution is 7.69. The summed E-state index contributed by atoms with van der Waals surface area (Å²) in [5, 5.41) is 0. The molecule has 9 heteroatoms. The Bertz CT molecular complexity index is 413. The van der Waals surface area contributed by atoms with E-state index in [1.54, 1.807) is 14.2 Å². The van der Waals surface area contributed by atoms with Crippen LogP contribution in [0.3, 0.4) is 0 Å². The topological polar surface area (TPSA) is 89.5 Å². The lowest BCUT2D eigenvalue weighted by molar-refractivity contribution is -0.298. The van der Waals surface area contributed by atoms with Crippen molar-refractivity contribution in [2.75, 3.05) is 35.0 Å². The Morgan fingerprint density at radius 1 is 1.18 bits per heavy atom.